The van der Waals surface area contributed by atoms with Crippen molar-refractivity contribution in [3.8, 4) is 0 Å². The highest BCUT2D eigenvalue weighted by molar-refractivity contribution is 7.91. The van der Waals surface area contributed by atoms with E-state index in [-0.39, 0.29) is 29.5 Å². The lowest BCUT2D eigenvalue weighted by atomic mass is 10.1. The van der Waals surface area contributed by atoms with Gasteiger partial charge in [0, 0.05) is 52.2 Å². The van der Waals surface area contributed by atoms with Gasteiger partial charge >= 0.3 is 0 Å². The van der Waals surface area contributed by atoms with Crippen molar-refractivity contribution in [3.05, 3.63) is 11.6 Å². The first-order valence-corrected chi connectivity index (χ1v) is 13.0. The molecule has 9 nitrogen and oxygen atoms in total. The highest BCUT2D eigenvalue weighted by Crippen LogP contribution is 2.20. The van der Waals surface area contributed by atoms with Crippen LogP contribution < -0.4 is 0 Å². The summed E-state index contributed by atoms with van der Waals surface area (Å²) in [6.07, 6.45) is 5.23. The summed E-state index contributed by atoms with van der Waals surface area (Å²) in [7, 11) is -1.25. The van der Waals surface area contributed by atoms with Crippen LogP contribution in [0, 0.1) is 0 Å². The molecule has 0 saturated carbocycles. The molecule has 10 heteroatoms. The van der Waals surface area contributed by atoms with E-state index in [9.17, 15) is 13.2 Å². The lowest BCUT2D eigenvalue weighted by molar-refractivity contribution is -0.137. The minimum Gasteiger partial charge on any atom is -0.340 e. The van der Waals surface area contributed by atoms with Gasteiger partial charge in [-0.15, -0.1) is 10.2 Å². The van der Waals surface area contributed by atoms with E-state index in [1.54, 1.807) is 11.9 Å². The molecular weight excluding hydrogens is 404 g/mol. The summed E-state index contributed by atoms with van der Waals surface area (Å²) in [6.45, 7) is 7.20. The lowest BCUT2D eigenvalue weighted by Crippen LogP contribution is -2.55. The fraction of sp³-hybridized carbons (Fsp3) is 0.850. The number of nitrogens with zero attached hydrogens (tertiary/aromatic N) is 6. The Labute approximate surface area is 179 Å². The minimum atomic E-state index is -2.99. The van der Waals surface area contributed by atoms with Crippen LogP contribution in [0.25, 0.3) is 0 Å². The molecule has 0 spiro atoms. The molecule has 0 aromatic carbocycles. The van der Waals surface area contributed by atoms with Gasteiger partial charge in [-0.2, -0.15) is 0 Å². The number of fused-ring (bicyclic) bond motifs is 1. The standard InChI is InChI=1S/C20H34N6O3S/c1-16(20(27)23(2)17-7-13-30(28,29)15-17)25-11-9-24(10-12-25)14-19-22-21-18-6-4-3-5-8-26(18)19/h16-17H,3-15H2,1-2H3/t16-,17-/m0/s1. The zero-order chi connectivity index (χ0) is 21.3. The molecule has 3 aliphatic heterocycles. The SMILES string of the molecule is C[C@@H](C(=O)N(C)[C@H]1CCS(=O)(=O)C1)N1CCN(Cc2nnc3n2CCCCC3)CC1. The van der Waals surface area contributed by atoms with Gasteiger partial charge in [-0.05, 0) is 26.2 Å². The molecule has 1 aromatic rings. The smallest absolute Gasteiger partial charge is 0.239 e. The third kappa shape index (κ3) is 4.70. The van der Waals surface area contributed by atoms with Gasteiger partial charge in [0.25, 0.3) is 0 Å². The average Bonchev–Trinajstić information content (AvgIpc) is 3.20. The number of carbonyl (C=O) groups excluding carboxylic acids is 1. The first kappa shape index (κ1) is 21.7. The largest absolute Gasteiger partial charge is 0.340 e. The van der Waals surface area contributed by atoms with Crippen molar-refractivity contribution in [3.63, 3.8) is 0 Å². The second kappa shape index (κ2) is 8.92. The topological polar surface area (TPSA) is 91.6 Å². The molecule has 30 heavy (non-hydrogen) atoms. The molecule has 2 fully saturated rings. The number of aryl methyl sites for hydroxylation is 1. The van der Waals surface area contributed by atoms with E-state index >= 15 is 0 Å². The van der Waals surface area contributed by atoms with Crippen LogP contribution in [0.3, 0.4) is 0 Å². The van der Waals surface area contributed by atoms with Crippen LogP contribution in [0.1, 0.15) is 44.3 Å². The van der Waals surface area contributed by atoms with Gasteiger partial charge in [0.1, 0.15) is 11.6 Å². The Bertz CT molecular complexity index is 862. The zero-order valence-electron chi connectivity index (χ0n) is 18.2. The van der Waals surface area contributed by atoms with Gasteiger partial charge in [-0.3, -0.25) is 14.6 Å². The number of carbonyl (C=O) groups is 1. The number of rotatable bonds is 5. The number of piperazine rings is 1. The molecule has 4 rings (SSSR count). The Morgan fingerprint density at radius 3 is 2.60 bits per heavy atom. The molecule has 0 N–H and O–H groups in total. The number of sulfone groups is 1. The maximum absolute atomic E-state index is 12.9. The van der Waals surface area contributed by atoms with E-state index in [0.29, 0.717) is 6.42 Å². The number of likely N-dealkylation sites (N-methyl/N-ethyl adjacent to an activating group) is 1. The highest BCUT2D eigenvalue weighted by atomic mass is 32.2. The second-order valence-electron chi connectivity index (χ2n) is 8.99. The van der Waals surface area contributed by atoms with Crippen molar-refractivity contribution in [2.24, 2.45) is 0 Å². The monoisotopic (exact) mass is 438 g/mol. The van der Waals surface area contributed by atoms with Crippen molar-refractivity contribution >= 4 is 15.7 Å². The van der Waals surface area contributed by atoms with Crippen LogP contribution in [0.4, 0.5) is 0 Å². The van der Waals surface area contributed by atoms with E-state index in [4.69, 9.17) is 0 Å². The summed E-state index contributed by atoms with van der Waals surface area (Å²) >= 11 is 0. The van der Waals surface area contributed by atoms with Gasteiger partial charge in [-0.25, -0.2) is 8.42 Å². The summed E-state index contributed by atoms with van der Waals surface area (Å²) in [5.41, 5.74) is 0. The number of hydrogen-bond acceptors (Lipinski definition) is 7. The van der Waals surface area contributed by atoms with Crippen LogP contribution >= 0.6 is 0 Å². The Morgan fingerprint density at radius 1 is 1.13 bits per heavy atom. The van der Waals surface area contributed by atoms with Crippen molar-refractivity contribution in [1.82, 2.24) is 29.5 Å². The summed E-state index contributed by atoms with van der Waals surface area (Å²) in [5.74, 6) is 2.49. The van der Waals surface area contributed by atoms with Crippen molar-refractivity contribution in [2.75, 3.05) is 44.7 Å². The van der Waals surface area contributed by atoms with Crippen LogP contribution in [0.15, 0.2) is 0 Å². The van der Waals surface area contributed by atoms with E-state index in [1.165, 1.54) is 19.3 Å². The molecule has 168 valence electrons. The Kier molecular flexibility index (Phi) is 6.45. The zero-order valence-corrected chi connectivity index (χ0v) is 19.0. The highest BCUT2D eigenvalue weighted by Gasteiger charge is 2.36. The van der Waals surface area contributed by atoms with E-state index < -0.39 is 9.84 Å². The van der Waals surface area contributed by atoms with Crippen LogP contribution in [0.5, 0.6) is 0 Å². The quantitative estimate of drug-likeness (QED) is 0.646. The molecule has 3 aliphatic rings. The second-order valence-corrected chi connectivity index (χ2v) is 11.2. The lowest BCUT2D eigenvalue weighted by Gasteiger charge is -2.39. The Balaban J connectivity index is 1.29. The number of hydrogen-bond donors (Lipinski definition) is 0. The molecule has 2 atom stereocenters. The molecule has 0 bridgehead atoms. The molecule has 2 saturated heterocycles. The minimum absolute atomic E-state index is 0.0216. The van der Waals surface area contributed by atoms with Crippen molar-refractivity contribution in [2.45, 2.75) is 64.2 Å². The maximum Gasteiger partial charge on any atom is 0.239 e. The molecule has 0 radical (unpaired) electrons. The molecular formula is C20H34N6O3S. The van der Waals surface area contributed by atoms with Crippen LogP contribution in [-0.4, -0.2) is 101 Å². The van der Waals surface area contributed by atoms with Crippen LogP contribution in [0.2, 0.25) is 0 Å². The molecule has 1 amide bonds. The molecule has 0 unspecified atom stereocenters. The molecule has 4 heterocycles. The van der Waals surface area contributed by atoms with Gasteiger partial charge in [0.05, 0.1) is 24.1 Å². The van der Waals surface area contributed by atoms with E-state index in [1.807, 2.05) is 6.92 Å². The predicted octanol–water partition coefficient (Wildman–Crippen LogP) is 0.156. The van der Waals surface area contributed by atoms with Gasteiger partial charge < -0.3 is 9.47 Å². The fourth-order valence-corrected chi connectivity index (χ4v) is 6.66. The van der Waals surface area contributed by atoms with Gasteiger partial charge in [0.15, 0.2) is 9.84 Å². The molecule has 0 aliphatic carbocycles. The average molecular weight is 439 g/mol. The summed E-state index contributed by atoms with van der Waals surface area (Å²) in [4.78, 5) is 19.2. The first-order valence-electron chi connectivity index (χ1n) is 11.2. The number of amides is 1. The van der Waals surface area contributed by atoms with E-state index in [0.717, 1.165) is 57.3 Å². The Hall–Kier alpha value is -1.52. The first-order chi connectivity index (χ1) is 14.3. The third-order valence-electron chi connectivity index (χ3n) is 6.97. The van der Waals surface area contributed by atoms with E-state index in [2.05, 4.69) is 24.6 Å². The van der Waals surface area contributed by atoms with Gasteiger partial charge in [0.2, 0.25) is 5.91 Å². The Morgan fingerprint density at radius 2 is 1.90 bits per heavy atom. The molecule has 1 aromatic heterocycles. The normalized spacial score (nSPS) is 26.1. The van der Waals surface area contributed by atoms with Crippen molar-refractivity contribution < 1.29 is 13.2 Å². The summed E-state index contributed by atoms with van der Waals surface area (Å²) in [6, 6.07) is -0.417. The van der Waals surface area contributed by atoms with Crippen LogP contribution in [-0.2, 0) is 34.1 Å². The van der Waals surface area contributed by atoms with Gasteiger partial charge in [-0.1, -0.05) is 6.42 Å². The predicted molar refractivity (Wildman–Crippen MR) is 114 cm³/mol. The summed E-state index contributed by atoms with van der Waals surface area (Å²) < 4.78 is 25.8. The van der Waals surface area contributed by atoms with Crippen molar-refractivity contribution in [1.29, 1.82) is 0 Å². The number of aromatic nitrogens is 3. The third-order valence-corrected chi connectivity index (χ3v) is 8.72. The maximum atomic E-state index is 12.9. The fourth-order valence-electron chi connectivity index (χ4n) is 4.88. The summed E-state index contributed by atoms with van der Waals surface area (Å²) in [5, 5.41) is 8.84.